The highest BCUT2D eigenvalue weighted by atomic mass is 16.5. The molecule has 0 radical (unpaired) electrons. The third-order valence-corrected chi connectivity index (χ3v) is 6.42. The van der Waals surface area contributed by atoms with E-state index in [4.69, 9.17) is 4.74 Å². The second-order valence-electron chi connectivity index (χ2n) is 6.86. The van der Waals surface area contributed by atoms with E-state index in [2.05, 4.69) is 6.92 Å². The lowest BCUT2D eigenvalue weighted by molar-refractivity contribution is -0.139. The molecular weight excluding hydrogens is 228 g/mol. The molecule has 1 saturated heterocycles. The van der Waals surface area contributed by atoms with E-state index in [1.165, 1.54) is 0 Å². The van der Waals surface area contributed by atoms with Gasteiger partial charge in [-0.2, -0.15) is 0 Å². The van der Waals surface area contributed by atoms with Gasteiger partial charge in [0.2, 0.25) is 0 Å². The predicted molar refractivity (Wildman–Crippen MR) is 64.3 cm³/mol. The summed E-state index contributed by atoms with van der Waals surface area (Å²) >= 11 is 0. The summed E-state index contributed by atoms with van der Waals surface area (Å²) in [6, 6.07) is 0. The van der Waals surface area contributed by atoms with Crippen molar-refractivity contribution in [3.05, 3.63) is 11.3 Å². The van der Waals surface area contributed by atoms with Gasteiger partial charge >= 0.3 is 5.97 Å². The van der Waals surface area contributed by atoms with Crippen LogP contribution in [0.5, 0.6) is 0 Å². The number of hydrogen-bond acceptors (Lipinski definition) is 3. The van der Waals surface area contributed by atoms with E-state index < -0.39 is 0 Å². The normalized spacial score (nSPS) is 52.9. The van der Waals surface area contributed by atoms with Crippen molar-refractivity contribution in [2.75, 3.05) is 0 Å². The number of hydrogen-bond donors (Lipinski definition) is 0. The summed E-state index contributed by atoms with van der Waals surface area (Å²) in [6.07, 6.45) is 2.70. The molecule has 4 aliphatic rings. The van der Waals surface area contributed by atoms with Crippen molar-refractivity contribution < 1.29 is 14.3 Å². The average molecular weight is 246 g/mol. The number of ketones is 1. The molecule has 4 bridgehead atoms. The minimum atomic E-state index is -0.154. The monoisotopic (exact) mass is 246 g/mol. The van der Waals surface area contributed by atoms with Crippen LogP contribution in [0.2, 0.25) is 0 Å². The molecule has 5 atom stereocenters. The molecule has 0 aromatic heterocycles. The van der Waals surface area contributed by atoms with Crippen LogP contribution in [0.4, 0.5) is 0 Å². The summed E-state index contributed by atoms with van der Waals surface area (Å²) in [6.45, 7) is 6.23. The number of allylic oxidation sites excluding steroid dienone is 2. The van der Waals surface area contributed by atoms with Gasteiger partial charge in [-0.3, -0.25) is 9.59 Å². The lowest BCUT2D eigenvalue weighted by atomic mass is 9.59. The van der Waals surface area contributed by atoms with Crippen LogP contribution in [0.15, 0.2) is 11.3 Å². The van der Waals surface area contributed by atoms with Crippen LogP contribution in [0.25, 0.3) is 0 Å². The van der Waals surface area contributed by atoms with Crippen LogP contribution in [0.1, 0.15) is 40.0 Å². The molecular formula is C15H18O3. The molecule has 0 unspecified atom stereocenters. The van der Waals surface area contributed by atoms with E-state index in [1.807, 2.05) is 13.8 Å². The summed E-state index contributed by atoms with van der Waals surface area (Å²) in [4.78, 5) is 24.3. The molecule has 1 spiro atoms. The van der Waals surface area contributed by atoms with Crippen molar-refractivity contribution in [1.82, 2.24) is 0 Å². The molecule has 3 heteroatoms. The predicted octanol–water partition coefficient (Wildman–Crippen LogP) is 2.46. The van der Waals surface area contributed by atoms with E-state index in [1.54, 1.807) is 0 Å². The molecule has 3 aliphatic carbocycles. The molecule has 4 rings (SSSR count). The third kappa shape index (κ3) is 0.799. The van der Waals surface area contributed by atoms with E-state index in [0.717, 1.165) is 24.2 Å². The maximum Gasteiger partial charge on any atom is 0.314 e. The summed E-state index contributed by atoms with van der Waals surface area (Å²) < 4.78 is 5.57. The molecule has 2 saturated carbocycles. The van der Waals surface area contributed by atoms with E-state index >= 15 is 0 Å². The summed E-state index contributed by atoms with van der Waals surface area (Å²) in [5.41, 5.74) is 0.970. The van der Waals surface area contributed by atoms with Crippen molar-refractivity contribution >= 4 is 11.8 Å². The van der Waals surface area contributed by atoms with E-state index in [-0.39, 0.29) is 28.6 Å². The smallest absolute Gasteiger partial charge is 0.314 e. The summed E-state index contributed by atoms with van der Waals surface area (Å²) in [7, 11) is 0. The van der Waals surface area contributed by atoms with Crippen molar-refractivity contribution in [2.45, 2.75) is 40.0 Å². The minimum Gasteiger partial charge on any atom is -0.430 e. The first-order valence-corrected chi connectivity index (χ1v) is 6.88. The van der Waals surface area contributed by atoms with Gasteiger partial charge in [-0.05, 0) is 36.7 Å². The number of carbonyl (C=O) groups excluding carboxylic acids is 2. The number of ether oxygens (including phenoxy) is 1. The Morgan fingerprint density at radius 2 is 2.00 bits per heavy atom. The fraction of sp³-hybridized carbons (Fsp3) is 0.733. The van der Waals surface area contributed by atoms with Crippen molar-refractivity contribution in [3.63, 3.8) is 0 Å². The topological polar surface area (TPSA) is 43.4 Å². The molecule has 18 heavy (non-hydrogen) atoms. The first-order valence-electron chi connectivity index (χ1n) is 6.88. The molecule has 3 fully saturated rings. The van der Waals surface area contributed by atoms with Gasteiger partial charge in [0.25, 0.3) is 0 Å². The minimum absolute atomic E-state index is 0.00576. The quantitative estimate of drug-likeness (QED) is 0.617. The summed E-state index contributed by atoms with van der Waals surface area (Å²) in [5.74, 6) is 1.39. The molecule has 0 amide bonds. The van der Waals surface area contributed by atoms with Gasteiger partial charge in [0.1, 0.15) is 11.5 Å². The first-order chi connectivity index (χ1) is 8.43. The van der Waals surface area contributed by atoms with Gasteiger partial charge in [-0.25, -0.2) is 0 Å². The highest BCUT2D eigenvalue weighted by Gasteiger charge is 2.73. The number of esters is 1. The Balaban J connectivity index is 2.04. The Morgan fingerprint density at radius 3 is 2.72 bits per heavy atom. The third-order valence-electron chi connectivity index (χ3n) is 6.42. The van der Waals surface area contributed by atoms with E-state index in [0.29, 0.717) is 18.1 Å². The Labute approximate surface area is 107 Å². The number of rotatable bonds is 0. The molecule has 1 heterocycles. The molecule has 96 valence electrons. The van der Waals surface area contributed by atoms with Gasteiger partial charge < -0.3 is 4.74 Å². The lowest BCUT2D eigenvalue weighted by Gasteiger charge is -2.42. The number of Topliss-reactive ketones (excluding diaryl/α,β-unsaturated/α-hetero) is 1. The fourth-order valence-electron chi connectivity index (χ4n) is 5.66. The van der Waals surface area contributed by atoms with Crippen LogP contribution < -0.4 is 0 Å². The Kier molecular flexibility index (Phi) is 1.63. The van der Waals surface area contributed by atoms with Gasteiger partial charge in [-0.1, -0.05) is 13.8 Å². The van der Waals surface area contributed by atoms with Crippen molar-refractivity contribution in [1.29, 1.82) is 0 Å². The van der Waals surface area contributed by atoms with Crippen LogP contribution in [0, 0.1) is 28.6 Å². The Morgan fingerprint density at radius 1 is 1.28 bits per heavy atom. The van der Waals surface area contributed by atoms with Crippen molar-refractivity contribution in [3.8, 4) is 0 Å². The SMILES string of the molecule is CC1=C2OC(=O)[C@H](C)[C@]23CC[C@]2(C)[C@H]1C(=O)C[C@@H]23. The zero-order chi connectivity index (χ0) is 12.9. The number of carbonyl (C=O) groups is 2. The lowest BCUT2D eigenvalue weighted by Crippen LogP contribution is -2.40. The highest BCUT2D eigenvalue weighted by Crippen LogP contribution is 2.74. The van der Waals surface area contributed by atoms with Gasteiger partial charge in [0, 0.05) is 17.8 Å². The average Bonchev–Trinajstić information content (AvgIpc) is 2.78. The molecule has 3 nitrogen and oxygen atoms in total. The molecule has 0 N–H and O–H groups in total. The maximum absolute atomic E-state index is 12.3. The van der Waals surface area contributed by atoms with Gasteiger partial charge in [-0.15, -0.1) is 0 Å². The van der Waals surface area contributed by atoms with Gasteiger partial charge in [0.05, 0.1) is 5.92 Å². The Hall–Kier alpha value is -1.12. The Bertz CT molecular complexity index is 532. The van der Waals surface area contributed by atoms with E-state index in [9.17, 15) is 9.59 Å². The standard InChI is InChI=1S/C15H18O3/c1-7-11-9(16)6-10-14(11,3)4-5-15(10)8(2)13(17)18-12(7)15/h8,10-11H,4-6H2,1-3H3/t8-,10-,11+,14-,15-/m0/s1. The second kappa shape index (κ2) is 2.73. The van der Waals surface area contributed by atoms with Crippen molar-refractivity contribution in [2.24, 2.45) is 28.6 Å². The molecule has 0 aromatic carbocycles. The molecule has 1 aliphatic heterocycles. The van der Waals surface area contributed by atoms with Crippen LogP contribution in [-0.2, 0) is 14.3 Å². The fourth-order valence-corrected chi connectivity index (χ4v) is 5.66. The molecule has 0 aromatic rings. The largest absolute Gasteiger partial charge is 0.430 e. The highest BCUT2D eigenvalue weighted by molar-refractivity contribution is 5.91. The van der Waals surface area contributed by atoms with Crippen LogP contribution in [0.3, 0.4) is 0 Å². The summed E-state index contributed by atoms with van der Waals surface area (Å²) in [5, 5.41) is 0. The first kappa shape index (κ1) is 10.8. The van der Waals surface area contributed by atoms with Crippen LogP contribution >= 0.6 is 0 Å². The zero-order valence-electron chi connectivity index (χ0n) is 11.1. The van der Waals surface area contributed by atoms with Crippen LogP contribution in [-0.4, -0.2) is 11.8 Å². The second-order valence-corrected chi connectivity index (χ2v) is 6.86. The zero-order valence-corrected chi connectivity index (χ0v) is 11.1. The maximum atomic E-state index is 12.3. The van der Waals surface area contributed by atoms with Gasteiger partial charge in [0.15, 0.2) is 0 Å².